The van der Waals surface area contributed by atoms with Crippen LogP contribution in [0.15, 0.2) is 36.5 Å². The van der Waals surface area contributed by atoms with Crippen molar-refractivity contribution >= 4 is 5.69 Å². The van der Waals surface area contributed by atoms with Gasteiger partial charge in [-0.25, -0.2) is 0 Å². The molecule has 0 atom stereocenters. The molecular weight excluding hydrogens is 252 g/mol. The molecule has 0 saturated carbocycles. The molecule has 0 spiro atoms. The molecule has 0 bridgehead atoms. The average molecular weight is 274 g/mol. The van der Waals surface area contributed by atoms with Crippen LogP contribution in [0.4, 0.5) is 5.69 Å². The molecule has 0 unspecified atom stereocenters. The standard InChI is InChI=1S/C16H22N2O2/c1-13-6-7-15(16(11-13)20-10-9-19-3)17-12-14-5-4-8-18(14)2/h4-8,11,17H,9-10,12H2,1-3H3. The van der Waals surface area contributed by atoms with Crippen LogP contribution in [0.5, 0.6) is 5.75 Å². The van der Waals surface area contributed by atoms with E-state index in [2.05, 4.69) is 35.0 Å². The molecule has 0 saturated heterocycles. The summed E-state index contributed by atoms with van der Waals surface area (Å²) in [5, 5.41) is 3.42. The van der Waals surface area contributed by atoms with Gasteiger partial charge in [-0.15, -0.1) is 0 Å². The van der Waals surface area contributed by atoms with Crippen LogP contribution >= 0.6 is 0 Å². The number of aryl methyl sites for hydroxylation is 2. The molecule has 0 amide bonds. The van der Waals surface area contributed by atoms with Gasteiger partial charge in [-0.05, 0) is 36.8 Å². The van der Waals surface area contributed by atoms with E-state index in [1.165, 1.54) is 11.3 Å². The Hall–Kier alpha value is -1.94. The maximum atomic E-state index is 5.76. The minimum absolute atomic E-state index is 0.554. The van der Waals surface area contributed by atoms with Crippen LogP contribution in [0.25, 0.3) is 0 Å². The van der Waals surface area contributed by atoms with E-state index in [1.807, 2.05) is 25.4 Å². The predicted molar refractivity (Wildman–Crippen MR) is 81.3 cm³/mol. The second-order valence-electron chi connectivity index (χ2n) is 4.80. The second kappa shape index (κ2) is 7.01. The fourth-order valence-corrected chi connectivity index (χ4v) is 2.00. The zero-order valence-corrected chi connectivity index (χ0v) is 12.3. The van der Waals surface area contributed by atoms with Gasteiger partial charge in [0.25, 0.3) is 0 Å². The van der Waals surface area contributed by atoms with E-state index in [-0.39, 0.29) is 0 Å². The number of nitrogens with one attached hydrogen (secondary N) is 1. The van der Waals surface area contributed by atoms with Crippen LogP contribution in [-0.4, -0.2) is 24.9 Å². The summed E-state index contributed by atoms with van der Waals surface area (Å²) < 4.78 is 12.9. The van der Waals surface area contributed by atoms with E-state index in [4.69, 9.17) is 9.47 Å². The van der Waals surface area contributed by atoms with Crippen molar-refractivity contribution in [1.82, 2.24) is 4.57 Å². The molecule has 0 aliphatic carbocycles. The topological polar surface area (TPSA) is 35.4 Å². The molecule has 1 N–H and O–H groups in total. The Bertz CT molecular complexity index is 549. The van der Waals surface area contributed by atoms with E-state index >= 15 is 0 Å². The lowest BCUT2D eigenvalue weighted by Gasteiger charge is -2.14. The van der Waals surface area contributed by atoms with Gasteiger partial charge in [-0.1, -0.05) is 6.07 Å². The minimum atomic E-state index is 0.554. The summed E-state index contributed by atoms with van der Waals surface area (Å²) in [5.74, 6) is 0.872. The van der Waals surface area contributed by atoms with Crippen molar-refractivity contribution in [1.29, 1.82) is 0 Å². The quantitative estimate of drug-likeness (QED) is 0.788. The Morgan fingerprint density at radius 1 is 1.20 bits per heavy atom. The van der Waals surface area contributed by atoms with Crippen molar-refractivity contribution in [3.8, 4) is 5.75 Å². The van der Waals surface area contributed by atoms with Crippen molar-refractivity contribution < 1.29 is 9.47 Å². The van der Waals surface area contributed by atoms with Gasteiger partial charge < -0.3 is 19.4 Å². The second-order valence-corrected chi connectivity index (χ2v) is 4.80. The highest BCUT2D eigenvalue weighted by atomic mass is 16.5. The van der Waals surface area contributed by atoms with Crippen molar-refractivity contribution in [2.24, 2.45) is 7.05 Å². The minimum Gasteiger partial charge on any atom is -0.489 e. The largest absolute Gasteiger partial charge is 0.489 e. The number of ether oxygens (including phenoxy) is 2. The summed E-state index contributed by atoms with van der Waals surface area (Å²) in [6.45, 7) is 3.97. The zero-order valence-electron chi connectivity index (χ0n) is 12.3. The summed E-state index contributed by atoms with van der Waals surface area (Å²) in [7, 11) is 3.72. The van der Waals surface area contributed by atoms with Gasteiger partial charge in [-0.3, -0.25) is 0 Å². The zero-order chi connectivity index (χ0) is 14.4. The van der Waals surface area contributed by atoms with Gasteiger partial charge in [0.1, 0.15) is 12.4 Å². The van der Waals surface area contributed by atoms with Crippen LogP contribution in [0.2, 0.25) is 0 Å². The first-order valence-electron chi connectivity index (χ1n) is 6.77. The number of rotatable bonds is 7. The van der Waals surface area contributed by atoms with Crippen molar-refractivity contribution in [2.75, 3.05) is 25.6 Å². The number of benzene rings is 1. The Morgan fingerprint density at radius 3 is 2.75 bits per heavy atom. The summed E-state index contributed by atoms with van der Waals surface area (Å²) >= 11 is 0. The molecule has 108 valence electrons. The third kappa shape index (κ3) is 3.78. The fraction of sp³-hybridized carbons (Fsp3) is 0.375. The smallest absolute Gasteiger partial charge is 0.142 e. The highest BCUT2D eigenvalue weighted by Gasteiger charge is 2.05. The van der Waals surface area contributed by atoms with Gasteiger partial charge in [-0.2, -0.15) is 0 Å². The SMILES string of the molecule is COCCOc1cc(C)ccc1NCc1cccn1C. The monoisotopic (exact) mass is 274 g/mol. The van der Waals surface area contributed by atoms with Crippen LogP contribution < -0.4 is 10.1 Å². The van der Waals surface area contributed by atoms with Crippen molar-refractivity contribution in [3.05, 3.63) is 47.8 Å². The van der Waals surface area contributed by atoms with Crippen LogP contribution in [0.3, 0.4) is 0 Å². The normalized spacial score (nSPS) is 10.6. The molecule has 1 aromatic carbocycles. The Kier molecular flexibility index (Phi) is 5.07. The highest BCUT2D eigenvalue weighted by Crippen LogP contribution is 2.26. The number of hydrogen-bond acceptors (Lipinski definition) is 3. The maximum absolute atomic E-state index is 5.76. The fourth-order valence-electron chi connectivity index (χ4n) is 2.00. The summed E-state index contributed by atoms with van der Waals surface area (Å²) in [6.07, 6.45) is 2.04. The van der Waals surface area contributed by atoms with E-state index < -0.39 is 0 Å². The molecule has 1 heterocycles. The Labute approximate surface area is 120 Å². The number of hydrogen-bond donors (Lipinski definition) is 1. The van der Waals surface area contributed by atoms with E-state index in [0.29, 0.717) is 13.2 Å². The lowest BCUT2D eigenvalue weighted by atomic mass is 10.2. The Balaban J connectivity index is 2.04. The lowest BCUT2D eigenvalue weighted by molar-refractivity contribution is 0.146. The van der Waals surface area contributed by atoms with Crippen molar-refractivity contribution in [3.63, 3.8) is 0 Å². The third-order valence-electron chi connectivity index (χ3n) is 3.19. The molecule has 4 heteroatoms. The first kappa shape index (κ1) is 14.5. The average Bonchev–Trinajstić information content (AvgIpc) is 2.84. The van der Waals surface area contributed by atoms with Crippen molar-refractivity contribution in [2.45, 2.75) is 13.5 Å². The first-order chi connectivity index (χ1) is 9.70. The van der Waals surface area contributed by atoms with E-state index in [9.17, 15) is 0 Å². The van der Waals surface area contributed by atoms with Gasteiger partial charge >= 0.3 is 0 Å². The molecule has 2 rings (SSSR count). The van der Waals surface area contributed by atoms with Crippen LogP contribution in [0, 0.1) is 6.92 Å². The van der Waals surface area contributed by atoms with E-state index in [0.717, 1.165) is 18.0 Å². The molecule has 0 aliphatic heterocycles. The third-order valence-corrected chi connectivity index (χ3v) is 3.19. The summed E-state index contributed by atoms with van der Waals surface area (Å²) in [5.41, 5.74) is 3.42. The molecule has 0 aliphatic rings. The van der Waals surface area contributed by atoms with Gasteiger partial charge in [0.05, 0.1) is 18.8 Å². The van der Waals surface area contributed by atoms with E-state index in [1.54, 1.807) is 7.11 Å². The lowest BCUT2D eigenvalue weighted by Crippen LogP contribution is -2.08. The first-order valence-corrected chi connectivity index (χ1v) is 6.77. The predicted octanol–water partition coefficient (Wildman–Crippen LogP) is 2.97. The maximum Gasteiger partial charge on any atom is 0.142 e. The summed E-state index contributed by atoms with van der Waals surface area (Å²) in [4.78, 5) is 0. The van der Waals surface area contributed by atoms with Crippen LogP contribution in [0.1, 0.15) is 11.3 Å². The number of anilines is 1. The van der Waals surface area contributed by atoms with Gasteiger partial charge in [0.15, 0.2) is 0 Å². The molecular formula is C16H22N2O2. The number of methoxy groups -OCH3 is 1. The number of aromatic nitrogens is 1. The molecule has 20 heavy (non-hydrogen) atoms. The number of nitrogens with zero attached hydrogens (tertiary/aromatic N) is 1. The Morgan fingerprint density at radius 2 is 2.05 bits per heavy atom. The molecule has 4 nitrogen and oxygen atoms in total. The van der Waals surface area contributed by atoms with Gasteiger partial charge in [0, 0.05) is 26.0 Å². The van der Waals surface area contributed by atoms with Crippen LogP contribution in [-0.2, 0) is 18.3 Å². The highest BCUT2D eigenvalue weighted by molar-refractivity contribution is 5.57. The molecule has 0 radical (unpaired) electrons. The summed E-state index contributed by atoms with van der Waals surface area (Å²) in [6, 6.07) is 10.3. The van der Waals surface area contributed by atoms with Gasteiger partial charge in [0.2, 0.25) is 0 Å². The molecule has 2 aromatic rings. The molecule has 1 aromatic heterocycles. The molecule has 0 fully saturated rings.